The molecule has 0 saturated heterocycles. The summed E-state index contributed by atoms with van der Waals surface area (Å²) in [5.74, 6) is 0.678. The van der Waals surface area contributed by atoms with E-state index < -0.39 is 6.10 Å². The molecule has 0 radical (unpaired) electrons. The average molecular weight is 449 g/mol. The molecule has 1 aromatic carbocycles. The summed E-state index contributed by atoms with van der Waals surface area (Å²) in [4.78, 5) is 12.0. The van der Waals surface area contributed by atoms with Gasteiger partial charge in [0.15, 0.2) is 0 Å². The van der Waals surface area contributed by atoms with Gasteiger partial charge in [-0.05, 0) is 44.2 Å². The molecule has 0 saturated carbocycles. The topological polar surface area (TPSA) is 76.0 Å². The Morgan fingerprint density at radius 3 is 2.16 bits per heavy atom. The van der Waals surface area contributed by atoms with Crippen molar-refractivity contribution in [1.29, 1.82) is 0 Å². The Bertz CT molecular complexity index is 614. The maximum Gasteiger partial charge on any atom is 0.311 e. The van der Waals surface area contributed by atoms with Crippen LogP contribution in [0.15, 0.2) is 36.4 Å². The molecule has 0 heterocycles. The van der Waals surface area contributed by atoms with Crippen molar-refractivity contribution in [1.82, 2.24) is 0 Å². The Balaban J connectivity index is 2.00. The van der Waals surface area contributed by atoms with E-state index in [2.05, 4.69) is 19.1 Å². The maximum absolute atomic E-state index is 12.0. The van der Waals surface area contributed by atoms with E-state index >= 15 is 0 Å². The van der Waals surface area contributed by atoms with Crippen molar-refractivity contribution in [2.45, 2.75) is 103 Å². The fraction of sp³-hybridized carbons (Fsp3) is 0.667. The first kappa shape index (κ1) is 28.2. The van der Waals surface area contributed by atoms with Crippen molar-refractivity contribution in [3.63, 3.8) is 0 Å². The van der Waals surface area contributed by atoms with E-state index in [0.29, 0.717) is 17.9 Å². The Hall–Kier alpha value is -1.85. The minimum atomic E-state index is -0.928. The number of allylic oxidation sites excluding steroid dienone is 2. The number of hydrogen-bond acceptors (Lipinski definition) is 5. The van der Waals surface area contributed by atoms with Crippen LogP contribution in [0.5, 0.6) is 11.5 Å². The molecule has 0 aliphatic carbocycles. The fourth-order valence-corrected chi connectivity index (χ4v) is 3.40. The molecule has 0 aromatic heterocycles. The molecule has 1 aromatic rings. The molecule has 2 N–H and O–H groups in total. The summed E-state index contributed by atoms with van der Waals surface area (Å²) in [6, 6.07) is 6.76. The van der Waals surface area contributed by atoms with E-state index in [1.807, 2.05) is 0 Å². The molecule has 1 rings (SSSR count). The highest BCUT2D eigenvalue weighted by Gasteiger charge is 2.07. The van der Waals surface area contributed by atoms with Gasteiger partial charge in [0.25, 0.3) is 0 Å². The normalized spacial score (nSPS) is 12.2. The second kappa shape index (κ2) is 19.8. The number of rotatable bonds is 20. The lowest BCUT2D eigenvalue weighted by atomic mass is 10.1. The van der Waals surface area contributed by atoms with E-state index in [1.165, 1.54) is 57.8 Å². The van der Waals surface area contributed by atoms with Crippen LogP contribution in [0.4, 0.5) is 0 Å². The summed E-state index contributed by atoms with van der Waals surface area (Å²) >= 11 is 0. The van der Waals surface area contributed by atoms with Gasteiger partial charge in [0.2, 0.25) is 0 Å². The fourth-order valence-electron chi connectivity index (χ4n) is 3.40. The van der Waals surface area contributed by atoms with Gasteiger partial charge >= 0.3 is 5.97 Å². The van der Waals surface area contributed by atoms with Gasteiger partial charge in [-0.3, -0.25) is 4.79 Å². The van der Waals surface area contributed by atoms with E-state index in [4.69, 9.17) is 14.6 Å². The highest BCUT2D eigenvalue weighted by Crippen LogP contribution is 2.20. The second-order valence-electron chi connectivity index (χ2n) is 8.43. The molecule has 0 spiro atoms. The summed E-state index contributed by atoms with van der Waals surface area (Å²) in [6.07, 6.45) is 20.1. The Morgan fingerprint density at radius 1 is 0.906 bits per heavy atom. The lowest BCUT2D eigenvalue weighted by molar-refractivity contribution is -0.134. The summed E-state index contributed by atoms with van der Waals surface area (Å²) in [5.41, 5.74) is 0. The molecule has 0 amide bonds. The minimum Gasteiger partial charge on any atom is -0.491 e. The second-order valence-corrected chi connectivity index (χ2v) is 8.43. The molecule has 5 heteroatoms. The quantitative estimate of drug-likeness (QED) is 0.105. The monoisotopic (exact) mass is 448 g/mol. The van der Waals surface area contributed by atoms with Gasteiger partial charge in [-0.2, -0.15) is 0 Å². The standard InChI is InChI=1S/C27H44O5/c1-2-3-4-5-6-7-8-9-10-11-12-13-14-15-16-20-27(30)32-26-19-17-18-25(21-26)31-23-24(29)22-28/h9-10,17-19,21,24,28-29H,2-8,11-16,20,22-23H2,1H3/b10-9-. The molecule has 32 heavy (non-hydrogen) atoms. The predicted octanol–water partition coefficient (Wildman–Crippen LogP) is 6.36. The summed E-state index contributed by atoms with van der Waals surface area (Å²) < 4.78 is 10.7. The number of esters is 1. The van der Waals surface area contributed by atoms with Gasteiger partial charge in [-0.25, -0.2) is 0 Å². The van der Waals surface area contributed by atoms with Crippen molar-refractivity contribution in [2.24, 2.45) is 0 Å². The number of ether oxygens (including phenoxy) is 2. The van der Waals surface area contributed by atoms with Crippen molar-refractivity contribution in [3.05, 3.63) is 36.4 Å². The zero-order chi connectivity index (χ0) is 23.3. The molecule has 0 fully saturated rings. The molecule has 1 unspecified atom stereocenters. The molecule has 5 nitrogen and oxygen atoms in total. The molecular weight excluding hydrogens is 404 g/mol. The van der Waals surface area contributed by atoms with Crippen LogP contribution in [0.3, 0.4) is 0 Å². The lowest BCUT2D eigenvalue weighted by Crippen LogP contribution is -2.21. The number of benzene rings is 1. The van der Waals surface area contributed by atoms with Crippen molar-refractivity contribution < 1.29 is 24.5 Å². The van der Waals surface area contributed by atoms with Crippen LogP contribution in [-0.4, -0.2) is 35.5 Å². The molecule has 182 valence electrons. The van der Waals surface area contributed by atoms with Crippen LogP contribution in [0, 0.1) is 0 Å². The van der Waals surface area contributed by atoms with Crippen LogP contribution in [0.1, 0.15) is 96.8 Å². The zero-order valence-corrected chi connectivity index (χ0v) is 20.0. The van der Waals surface area contributed by atoms with E-state index in [-0.39, 0.29) is 19.2 Å². The molecule has 1 atom stereocenters. The van der Waals surface area contributed by atoms with Crippen molar-refractivity contribution >= 4 is 5.97 Å². The van der Waals surface area contributed by atoms with Crippen LogP contribution >= 0.6 is 0 Å². The molecule has 0 aliphatic rings. The predicted molar refractivity (Wildman–Crippen MR) is 130 cm³/mol. The molecular formula is C27H44O5. The highest BCUT2D eigenvalue weighted by molar-refractivity contribution is 5.72. The van der Waals surface area contributed by atoms with Gasteiger partial charge < -0.3 is 19.7 Å². The Labute approximate surface area is 194 Å². The third-order valence-corrected chi connectivity index (χ3v) is 5.33. The average Bonchev–Trinajstić information content (AvgIpc) is 2.80. The van der Waals surface area contributed by atoms with E-state index in [1.54, 1.807) is 24.3 Å². The number of unbranched alkanes of at least 4 members (excludes halogenated alkanes) is 11. The highest BCUT2D eigenvalue weighted by atomic mass is 16.5. The lowest BCUT2D eigenvalue weighted by Gasteiger charge is -2.11. The summed E-state index contributed by atoms with van der Waals surface area (Å²) in [6.45, 7) is 1.89. The zero-order valence-electron chi connectivity index (χ0n) is 20.0. The third kappa shape index (κ3) is 15.9. The van der Waals surface area contributed by atoms with Crippen LogP contribution in [-0.2, 0) is 4.79 Å². The van der Waals surface area contributed by atoms with Gasteiger partial charge in [-0.15, -0.1) is 0 Å². The number of aliphatic hydroxyl groups excluding tert-OH is 2. The Morgan fingerprint density at radius 2 is 1.50 bits per heavy atom. The van der Waals surface area contributed by atoms with Crippen LogP contribution in [0.2, 0.25) is 0 Å². The Kier molecular flexibility index (Phi) is 17.4. The number of aliphatic hydroxyl groups is 2. The van der Waals surface area contributed by atoms with Gasteiger partial charge in [0.05, 0.1) is 6.61 Å². The number of carbonyl (C=O) groups is 1. The number of hydrogen-bond donors (Lipinski definition) is 2. The van der Waals surface area contributed by atoms with E-state index in [9.17, 15) is 9.90 Å². The maximum atomic E-state index is 12.0. The number of carbonyl (C=O) groups excluding carboxylic acids is 1. The van der Waals surface area contributed by atoms with Crippen molar-refractivity contribution in [3.8, 4) is 11.5 Å². The molecule has 0 aliphatic heterocycles. The first-order valence-electron chi connectivity index (χ1n) is 12.5. The largest absolute Gasteiger partial charge is 0.491 e. The summed E-state index contributed by atoms with van der Waals surface area (Å²) in [5, 5.41) is 18.1. The van der Waals surface area contributed by atoms with E-state index in [0.717, 1.165) is 25.7 Å². The first-order valence-corrected chi connectivity index (χ1v) is 12.5. The summed E-state index contributed by atoms with van der Waals surface area (Å²) in [7, 11) is 0. The van der Waals surface area contributed by atoms with Crippen LogP contribution < -0.4 is 9.47 Å². The molecule has 0 bridgehead atoms. The van der Waals surface area contributed by atoms with Gasteiger partial charge in [-0.1, -0.05) is 76.5 Å². The van der Waals surface area contributed by atoms with Gasteiger partial charge in [0, 0.05) is 12.5 Å². The smallest absolute Gasteiger partial charge is 0.311 e. The van der Waals surface area contributed by atoms with Crippen LogP contribution in [0.25, 0.3) is 0 Å². The first-order chi connectivity index (χ1) is 15.7. The third-order valence-electron chi connectivity index (χ3n) is 5.33. The minimum absolute atomic E-state index is 0.0111. The van der Waals surface area contributed by atoms with Gasteiger partial charge in [0.1, 0.15) is 24.2 Å². The van der Waals surface area contributed by atoms with Crippen molar-refractivity contribution in [2.75, 3.05) is 13.2 Å². The SMILES string of the molecule is CCCCCCCC/C=C\CCCCCCCC(=O)Oc1cccc(OCC(O)CO)c1.